The summed E-state index contributed by atoms with van der Waals surface area (Å²) in [7, 11) is 0. The van der Waals surface area contributed by atoms with E-state index in [1.807, 2.05) is 0 Å². The molecule has 7 heteroatoms. The number of aromatic nitrogens is 3. The third-order valence-corrected chi connectivity index (χ3v) is 4.26. The van der Waals surface area contributed by atoms with Gasteiger partial charge in [-0.2, -0.15) is 0 Å². The van der Waals surface area contributed by atoms with Crippen molar-refractivity contribution in [2.45, 2.75) is 18.8 Å². The predicted octanol–water partition coefficient (Wildman–Crippen LogP) is 4.28. The summed E-state index contributed by atoms with van der Waals surface area (Å²) in [4.78, 5) is 3.50. The van der Waals surface area contributed by atoms with E-state index in [1.165, 1.54) is 12.1 Å². The van der Waals surface area contributed by atoms with Crippen molar-refractivity contribution < 1.29 is 13.2 Å². The number of rotatable bonds is 3. The zero-order valence-electron chi connectivity index (χ0n) is 12.4. The molecule has 2 aromatic heterocycles. The van der Waals surface area contributed by atoms with Gasteiger partial charge in [0.25, 0.3) is 5.92 Å². The summed E-state index contributed by atoms with van der Waals surface area (Å²) in [6, 6.07) is 7.58. The van der Waals surface area contributed by atoms with Crippen LogP contribution in [0.5, 0.6) is 0 Å². The Morgan fingerprint density at radius 3 is 2.75 bits per heavy atom. The normalized spacial score (nSPS) is 18.5. The molecule has 0 spiro atoms. The summed E-state index contributed by atoms with van der Waals surface area (Å²) in [6.07, 6.45) is 1.62. The van der Waals surface area contributed by atoms with Gasteiger partial charge in [-0.05, 0) is 29.3 Å². The minimum atomic E-state index is -2.63. The molecular weight excluding hydrogens is 317 g/mol. The van der Waals surface area contributed by atoms with Crippen molar-refractivity contribution in [3.8, 4) is 11.1 Å². The molecule has 1 aliphatic carbocycles. The van der Waals surface area contributed by atoms with Crippen LogP contribution >= 0.6 is 0 Å². The fourth-order valence-electron chi connectivity index (χ4n) is 2.84. The molecule has 0 amide bonds. The first kappa shape index (κ1) is 14.7. The summed E-state index contributed by atoms with van der Waals surface area (Å²) < 4.78 is 41.2. The molecule has 4 rings (SSSR count). The summed E-state index contributed by atoms with van der Waals surface area (Å²) in [5.41, 5.74) is 1.62. The van der Waals surface area contributed by atoms with Gasteiger partial charge in [0.1, 0.15) is 11.6 Å². The van der Waals surface area contributed by atoms with Crippen LogP contribution in [0.15, 0.2) is 36.5 Å². The van der Waals surface area contributed by atoms with E-state index in [2.05, 4.69) is 15.0 Å². The van der Waals surface area contributed by atoms with Gasteiger partial charge < -0.3 is 0 Å². The number of benzene rings is 1. The Balaban J connectivity index is 1.80. The summed E-state index contributed by atoms with van der Waals surface area (Å²) >= 11 is 0. The maximum atomic E-state index is 13.4. The van der Waals surface area contributed by atoms with Crippen LogP contribution in [0, 0.1) is 18.3 Å². The maximum Gasteiger partial charge on any atom is 0.252 e. The Kier molecular flexibility index (Phi) is 3.10. The van der Waals surface area contributed by atoms with Crippen molar-refractivity contribution >= 4 is 11.3 Å². The third kappa shape index (κ3) is 2.31. The van der Waals surface area contributed by atoms with Gasteiger partial charge in [0, 0.05) is 25.0 Å². The lowest BCUT2D eigenvalue weighted by Crippen LogP contribution is -2.02. The summed E-state index contributed by atoms with van der Waals surface area (Å²) in [5.74, 6) is -3.34. The molecule has 120 valence electrons. The van der Waals surface area contributed by atoms with Crippen molar-refractivity contribution in [3.63, 3.8) is 0 Å². The smallest absolute Gasteiger partial charge is 0.252 e. The van der Waals surface area contributed by atoms with E-state index in [0.717, 1.165) is 0 Å². The van der Waals surface area contributed by atoms with Gasteiger partial charge in [0.05, 0.1) is 6.57 Å². The van der Waals surface area contributed by atoms with Gasteiger partial charge in [0.15, 0.2) is 5.65 Å². The molecule has 0 aliphatic heterocycles. The second-order valence-electron chi connectivity index (χ2n) is 5.88. The van der Waals surface area contributed by atoms with Crippen LogP contribution in [0.2, 0.25) is 0 Å². The van der Waals surface area contributed by atoms with E-state index < -0.39 is 17.7 Å². The minimum Gasteiger partial charge on any atom is -0.295 e. The zero-order valence-corrected chi connectivity index (χ0v) is 12.4. The Morgan fingerprint density at radius 1 is 1.29 bits per heavy atom. The molecule has 4 nitrogen and oxygen atoms in total. The molecule has 2 heterocycles. The highest BCUT2D eigenvalue weighted by atomic mass is 19.3. The molecule has 0 bridgehead atoms. The highest BCUT2D eigenvalue weighted by molar-refractivity contribution is 5.87. The molecule has 1 fully saturated rings. The zero-order chi connectivity index (χ0) is 16.9. The lowest BCUT2D eigenvalue weighted by molar-refractivity contribution is 0.0984. The third-order valence-electron chi connectivity index (χ3n) is 4.26. The first-order valence-corrected chi connectivity index (χ1v) is 7.37. The van der Waals surface area contributed by atoms with Gasteiger partial charge >= 0.3 is 0 Å². The van der Waals surface area contributed by atoms with E-state index in [4.69, 9.17) is 6.57 Å². The Labute approximate surface area is 135 Å². The molecule has 3 aromatic rings. The topological polar surface area (TPSA) is 34.5 Å². The number of pyridine rings is 1. The molecular formula is C17H11F3N4. The van der Waals surface area contributed by atoms with E-state index in [1.54, 1.807) is 28.8 Å². The molecule has 0 N–H and O–H groups in total. The number of hydrogen-bond acceptors (Lipinski definition) is 2. The van der Waals surface area contributed by atoms with Crippen LogP contribution in [0.3, 0.4) is 0 Å². The molecule has 1 saturated carbocycles. The van der Waals surface area contributed by atoms with Crippen LogP contribution in [0.4, 0.5) is 18.9 Å². The molecule has 0 saturated heterocycles. The van der Waals surface area contributed by atoms with Crippen LogP contribution in [0.1, 0.15) is 12.2 Å². The van der Waals surface area contributed by atoms with Gasteiger partial charge in [-0.25, -0.2) is 18.0 Å². The first-order chi connectivity index (χ1) is 11.5. The van der Waals surface area contributed by atoms with Crippen molar-refractivity contribution in [3.05, 3.63) is 59.6 Å². The standard InChI is InChI=1S/C17H11F3N4/c1-21-15-13(10-3-2-4-12(18)7-10)5-6-24-14(22-23-16(15)24)8-11-9-17(11,19)20/h2-7,11H,8-9H2. The molecule has 1 unspecified atom stereocenters. The SMILES string of the molecule is [C-]#[N+]c1c(-c2cccc(F)c2)ccn2c(CC3CC3(F)F)nnc12. The molecule has 24 heavy (non-hydrogen) atoms. The molecule has 1 atom stereocenters. The predicted molar refractivity (Wildman–Crippen MR) is 81.4 cm³/mol. The monoisotopic (exact) mass is 328 g/mol. The van der Waals surface area contributed by atoms with Crippen LogP contribution < -0.4 is 0 Å². The highest BCUT2D eigenvalue weighted by Crippen LogP contribution is 2.50. The van der Waals surface area contributed by atoms with Gasteiger partial charge in [-0.1, -0.05) is 12.1 Å². The van der Waals surface area contributed by atoms with E-state index in [9.17, 15) is 13.2 Å². The van der Waals surface area contributed by atoms with Gasteiger partial charge in [-0.15, -0.1) is 10.2 Å². The van der Waals surface area contributed by atoms with Crippen molar-refractivity contribution in [2.75, 3.05) is 0 Å². The van der Waals surface area contributed by atoms with E-state index in [0.29, 0.717) is 22.6 Å². The number of halogens is 3. The molecule has 0 radical (unpaired) electrons. The van der Waals surface area contributed by atoms with Gasteiger partial charge in [-0.3, -0.25) is 4.40 Å². The van der Waals surface area contributed by atoms with Crippen LogP contribution in [0.25, 0.3) is 21.6 Å². The second-order valence-corrected chi connectivity index (χ2v) is 5.88. The van der Waals surface area contributed by atoms with Crippen molar-refractivity contribution in [2.24, 2.45) is 5.92 Å². The number of fused-ring (bicyclic) bond motifs is 1. The number of alkyl halides is 2. The van der Waals surface area contributed by atoms with E-state index in [-0.39, 0.29) is 18.5 Å². The lowest BCUT2D eigenvalue weighted by Gasteiger charge is -2.07. The average Bonchev–Trinajstić information content (AvgIpc) is 2.97. The van der Waals surface area contributed by atoms with Crippen molar-refractivity contribution in [1.82, 2.24) is 14.6 Å². The summed E-state index contributed by atoms with van der Waals surface area (Å²) in [5, 5.41) is 7.95. The van der Waals surface area contributed by atoms with E-state index >= 15 is 0 Å². The highest BCUT2D eigenvalue weighted by Gasteiger charge is 2.56. The fourth-order valence-corrected chi connectivity index (χ4v) is 2.84. The first-order valence-electron chi connectivity index (χ1n) is 7.37. The number of hydrogen-bond donors (Lipinski definition) is 0. The Hall–Kier alpha value is -2.88. The minimum absolute atomic E-state index is 0.116. The van der Waals surface area contributed by atoms with Crippen molar-refractivity contribution in [1.29, 1.82) is 0 Å². The quantitative estimate of drug-likeness (QED) is 0.673. The van der Waals surface area contributed by atoms with Crippen LogP contribution in [-0.4, -0.2) is 20.5 Å². The number of nitrogens with zero attached hydrogens (tertiary/aromatic N) is 4. The van der Waals surface area contributed by atoms with Gasteiger partial charge in [0.2, 0.25) is 5.69 Å². The summed E-state index contributed by atoms with van der Waals surface area (Å²) in [6.45, 7) is 7.43. The largest absolute Gasteiger partial charge is 0.295 e. The maximum absolute atomic E-state index is 13.4. The fraction of sp³-hybridized carbons (Fsp3) is 0.235. The Bertz CT molecular complexity index is 987. The lowest BCUT2D eigenvalue weighted by atomic mass is 10.1. The molecule has 1 aliphatic rings. The molecule has 1 aromatic carbocycles. The Morgan fingerprint density at radius 2 is 2.08 bits per heavy atom. The average molecular weight is 328 g/mol. The second kappa shape index (κ2) is 5.06. The van der Waals surface area contributed by atoms with Crippen LogP contribution in [-0.2, 0) is 6.42 Å².